The number of hydrogen-bond donors (Lipinski definition) is 1. The van der Waals surface area contributed by atoms with E-state index in [9.17, 15) is 0 Å². The highest BCUT2D eigenvalue weighted by Gasteiger charge is 2.28. The predicted octanol–water partition coefficient (Wildman–Crippen LogP) is 2.91. The van der Waals surface area contributed by atoms with Gasteiger partial charge in [0.1, 0.15) is 0 Å². The maximum Gasteiger partial charge on any atom is 0.193 e. The van der Waals surface area contributed by atoms with Gasteiger partial charge in [-0.1, -0.05) is 30.3 Å². The maximum atomic E-state index is 4.42. The minimum Gasteiger partial charge on any atom is -0.354 e. The third-order valence-electron chi connectivity index (χ3n) is 4.07. The Morgan fingerprint density at radius 1 is 1.25 bits per heavy atom. The smallest absolute Gasteiger partial charge is 0.193 e. The molecule has 0 amide bonds. The average molecular weight is 385 g/mol. The molecule has 1 aromatic carbocycles. The maximum absolute atomic E-state index is 4.42. The van der Waals surface area contributed by atoms with E-state index in [2.05, 4.69) is 45.5 Å². The van der Waals surface area contributed by atoms with Gasteiger partial charge in [-0.15, -0.1) is 24.0 Å². The van der Waals surface area contributed by atoms with E-state index in [1.165, 1.54) is 31.2 Å². The molecular formula is C16H24IN3. The number of benzene rings is 1. The van der Waals surface area contributed by atoms with Crippen molar-refractivity contribution < 1.29 is 0 Å². The fourth-order valence-electron chi connectivity index (χ4n) is 2.85. The Labute approximate surface area is 138 Å². The molecule has 0 spiro atoms. The Morgan fingerprint density at radius 2 is 2.00 bits per heavy atom. The molecule has 20 heavy (non-hydrogen) atoms. The first-order valence-electron chi connectivity index (χ1n) is 7.37. The van der Waals surface area contributed by atoms with Crippen LogP contribution in [0.1, 0.15) is 24.8 Å². The topological polar surface area (TPSA) is 27.6 Å². The van der Waals surface area contributed by atoms with E-state index in [1.807, 2.05) is 7.05 Å². The Hall–Kier alpha value is -0.780. The van der Waals surface area contributed by atoms with Crippen molar-refractivity contribution in [3.05, 3.63) is 35.9 Å². The van der Waals surface area contributed by atoms with Crippen LogP contribution in [-0.4, -0.2) is 37.0 Å². The second-order valence-electron chi connectivity index (χ2n) is 5.76. The van der Waals surface area contributed by atoms with E-state index in [0.29, 0.717) is 6.04 Å². The molecule has 2 fully saturated rings. The molecule has 0 bridgehead atoms. The van der Waals surface area contributed by atoms with Crippen LogP contribution in [0.4, 0.5) is 0 Å². The molecule has 1 aliphatic carbocycles. The molecular weight excluding hydrogens is 361 g/mol. The summed E-state index contributed by atoms with van der Waals surface area (Å²) in [5, 5.41) is 3.54. The van der Waals surface area contributed by atoms with Crippen LogP contribution in [0.5, 0.6) is 0 Å². The van der Waals surface area contributed by atoms with Crippen molar-refractivity contribution in [2.75, 3.05) is 20.1 Å². The summed E-state index contributed by atoms with van der Waals surface area (Å²) in [7, 11) is 1.90. The van der Waals surface area contributed by atoms with Gasteiger partial charge < -0.3 is 10.2 Å². The fraction of sp³-hybridized carbons (Fsp3) is 0.562. The Morgan fingerprint density at radius 3 is 2.65 bits per heavy atom. The third kappa shape index (κ3) is 4.11. The molecule has 1 N–H and O–H groups in total. The van der Waals surface area contributed by atoms with Crippen molar-refractivity contribution in [2.45, 2.75) is 31.7 Å². The highest BCUT2D eigenvalue weighted by Crippen LogP contribution is 2.23. The Bertz CT molecular complexity index is 442. The number of aliphatic imine (C=N–C) groups is 1. The van der Waals surface area contributed by atoms with Crippen LogP contribution < -0.4 is 5.32 Å². The molecule has 1 heterocycles. The van der Waals surface area contributed by atoms with Gasteiger partial charge >= 0.3 is 0 Å². The van der Waals surface area contributed by atoms with Gasteiger partial charge in [-0.3, -0.25) is 4.99 Å². The molecule has 3 nitrogen and oxygen atoms in total. The Kier molecular flexibility index (Phi) is 5.69. The second-order valence-corrected chi connectivity index (χ2v) is 5.76. The number of hydrogen-bond acceptors (Lipinski definition) is 1. The average Bonchev–Trinajstić information content (AvgIpc) is 3.15. The number of likely N-dealkylation sites (tertiary alicyclic amines) is 1. The lowest BCUT2D eigenvalue weighted by molar-refractivity contribution is 0.459. The van der Waals surface area contributed by atoms with Crippen LogP contribution in [-0.2, 0) is 6.42 Å². The quantitative estimate of drug-likeness (QED) is 0.492. The molecule has 3 rings (SSSR count). The summed E-state index contributed by atoms with van der Waals surface area (Å²) in [6.45, 7) is 2.28. The lowest BCUT2D eigenvalue weighted by Crippen LogP contribution is -2.41. The van der Waals surface area contributed by atoms with E-state index in [1.54, 1.807) is 0 Å². The van der Waals surface area contributed by atoms with Crippen LogP contribution in [0.15, 0.2) is 35.3 Å². The van der Waals surface area contributed by atoms with Crippen molar-refractivity contribution >= 4 is 29.9 Å². The van der Waals surface area contributed by atoms with E-state index in [-0.39, 0.29) is 24.0 Å². The van der Waals surface area contributed by atoms with Gasteiger partial charge in [0.15, 0.2) is 5.96 Å². The van der Waals surface area contributed by atoms with E-state index < -0.39 is 0 Å². The summed E-state index contributed by atoms with van der Waals surface area (Å²) in [5.41, 5.74) is 1.46. The molecule has 0 aromatic heterocycles. The lowest BCUT2D eigenvalue weighted by Gasteiger charge is -2.21. The van der Waals surface area contributed by atoms with Crippen LogP contribution in [0.3, 0.4) is 0 Å². The number of halogens is 1. The van der Waals surface area contributed by atoms with Gasteiger partial charge in [-0.05, 0) is 37.2 Å². The largest absolute Gasteiger partial charge is 0.354 e. The second kappa shape index (κ2) is 7.29. The molecule has 1 aromatic rings. The fourth-order valence-corrected chi connectivity index (χ4v) is 2.85. The molecule has 0 radical (unpaired) electrons. The van der Waals surface area contributed by atoms with Gasteiger partial charge in [-0.25, -0.2) is 0 Å². The van der Waals surface area contributed by atoms with Gasteiger partial charge in [0.2, 0.25) is 0 Å². The first-order chi connectivity index (χ1) is 9.35. The van der Waals surface area contributed by atoms with Gasteiger partial charge in [-0.2, -0.15) is 0 Å². The van der Waals surface area contributed by atoms with E-state index in [4.69, 9.17) is 0 Å². The summed E-state index contributed by atoms with van der Waals surface area (Å²) in [5.74, 6) is 1.87. The molecule has 2 aliphatic rings. The molecule has 1 atom stereocenters. The van der Waals surface area contributed by atoms with Crippen molar-refractivity contribution in [2.24, 2.45) is 10.9 Å². The highest BCUT2D eigenvalue weighted by molar-refractivity contribution is 14.0. The zero-order chi connectivity index (χ0) is 13.1. The summed E-state index contributed by atoms with van der Waals surface area (Å²) in [4.78, 5) is 6.85. The SMILES string of the molecule is CN=C(NC1CC1)N1CCC(Cc2ccccc2)C1.I. The number of nitrogens with one attached hydrogen (secondary N) is 1. The number of guanidine groups is 1. The van der Waals surface area contributed by atoms with Crippen molar-refractivity contribution in [3.63, 3.8) is 0 Å². The molecule has 1 saturated carbocycles. The minimum atomic E-state index is 0. The lowest BCUT2D eigenvalue weighted by atomic mass is 9.99. The summed E-state index contributed by atoms with van der Waals surface area (Å²) in [6, 6.07) is 11.5. The van der Waals surface area contributed by atoms with Crippen LogP contribution in [0.2, 0.25) is 0 Å². The zero-order valence-electron chi connectivity index (χ0n) is 12.1. The summed E-state index contributed by atoms with van der Waals surface area (Å²) < 4.78 is 0. The molecule has 1 aliphatic heterocycles. The van der Waals surface area contributed by atoms with Gasteiger partial charge in [0.05, 0.1) is 0 Å². The molecule has 1 unspecified atom stereocenters. The molecule has 4 heteroatoms. The van der Waals surface area contributed by atoms with Crippen LogP contribution in [0, 0.1) is 5.92 Å². The van der Waals surface area contributed by atoms with Crippen molar-refractivity contribution in [3.8, 4) is 0 Å². The van der Waals surface area contributed by atoms with Crippen LogP contribution in [0.25, 0.3) is 0 Å². The van der Waals surface area contributed by atoms with Gasteiger partial charge in [0.25, 0.3) is 0 Å². The normalized spacial score (nSPS) is 22.6. The minimum absolute atomic E-state index is 0. The standard InChI is InChI=1S/C16H23N3.HI/c1-17-16(18-15-7-8-15)19-10-9-14(12-19)11-13-5-3-2-4-6-13;/h2-6,14-15H,7-12H2,1H3,(H,17,18);1H. The summed E-state index contributed by atoms with van der Waals surface area (Å²) >= 11 is 0. The number of nitrogens with zero attached hydrogens (tertiary/aromatic N) is 2. The highest BCUT2D eigenvalue weighted by atomic mass is 127. The first-order valence-corrected chi connectivity index (χ1v) is 7.37. The van der Waals surface area contributed by atoms with Gasteiger partial charge in [0, 0.05) is 26.2 Å². The zero-order valence-corrected chi connectivity index (χ0v) is 14.4. The molecule has 1 saturated heterocycles. The molecule has 110 valence electrons. The first kappa shape index (κ1) is 15.6. The van der Waals surface area contributed by atoms with Crippen molar-refractivity contribution in [1.82, 2.24) is 10.2 Å². The monoisotopic (exact) mass is 385 g/mol. The van der Waals surface area contributed by atoms with Crippen molar-refractivity contribution in [1.29, 1.82) is 0 Å². The Balaban J connectivity index is 0.00000147. The van der Waals surface area contributed by atoms with E-state index in [0.717, 1.165) is 25.0 Å². The number of rotatable bonds is 3. The van der Waals surface area contributed by atoms with Crippen LogP contribution >= 0.6 is 24.0 Å². The predicted molar refractivity (Wildman–Crippen MR) is 94.8 cm³/mol. The summed E-state index contributed by atoms with van der Waals surface area (Å²) in [6.07, 6.45) is 5.08. The third-order valence-corrected chi connectivity index (χ3v) is 4.07. The van der Waals surface area contributed by atoms with E-state index >= 15 is 0 Å².